The number of benzene rings is 2. The van der Waals surface area contributed by atoms with Crippen molar-refractivity contribution >= 4 is 40.2 Å². The molecule has 1 heterocycles. The van der Waals surface area contributed by atoms with Gasteiger partial charge in [0.2, 0.25) is 0 Å². The van der Waals surface area contributed by atoms with E-state index in [0.29, 0.717) is 26.9 Å². The molecule has 0 unspecified atom stereocenters. The molecular weight excluding hydrogens is 382 g/mol. The summed E-state index contributed by atoms with van der Waals surface area (Å²) in [4.78, 5) is 16.4. The SMILES string of the molecule is COC(=O)c1ccccc1N/C=C(/C#N)c1nc(-c2ccc(Cl)cc2)cs1. The van der Waals surface area contributed by atoms with Crippen molar-refractivity contribution in [3.05, 3.63) is 75.7 Å². The number of aromatic nitrogens is 1. The van der Waals surface area contributed by atoms with Crippen LogP contribution in [0.5, 0.6) is 0 Å². The fourth-order valence-electron chi connectivity index (χ4n) is 2.34. The van der Waals surface area contributed by atoms with Gasteiger partial charge in [-0.25, -0.2) is 9.78 Å². The second-order valence-corrected chi connectivity index (χ2v) is 6.69. The Labute approximate surface area is 165 Å². The van der Waals surface area contributed by atoms with Gasteiger partial charge in [0.25, 0.3) is 0 Å². The molecule has 0 spiro atoms. The second kappa shape index (κ2) is 8.49. The molecular formula is C20H14ClN3O2S. The molecule has 1 aromatic heterocycles. The van der Waals surface area contributed by atoms with E-state index < -0.39 is 5.97 Å². The maximum atomic E-state index is 11.8. The van der Waals surface area contributed by atoms with Crippen molar-refractivity contribution in [2.24, 2.45) is 0 Å². The Morgan fingerprint density at radius 2 is 2.00 bits per heavy atom. The molecule has 0 saturated heterocycles. The van der Waals surface area contributed by atoms with Crippen LogP contribution in [0.15, 0.2) is 60.1 Å². The van der Waals surface area contributed by atoms with Crippen LogP contribution in [0.2, 0.25) is 5.02 Å². The van der Waals surface area contributed by atoms with Crippen molar-refractivity contribution in [3.8, 4) is 17.3 Å². The number of carbonyl (C=O) groups is 1. The Bertz CT molecular complexity index is 1040. The minimum Gasteiger partial charge on any atom is -0.465 e. The number of rotatable bonds is 5. The summed E-state index contributed by atoms with van der Waals surface area (Å²) in [6, 6.07) is 16.4. The molecule has 5 nitrogen and oxygen atoms in total. The second-order valence-electron chi connectivity index (χ2n) is 5.40. The number of thiazole rings is 1. The van der Waals surface area contributed by atoms with E-state index in [1.54, 1.807) is 36.4 Å². The van der Waals surface area contributed by atoms with E-state index in [-0.39, 0.29) is 0 Å². The lowest BCUT2D eigenvalue weighted by atomic mass is 10.2. The highest BCUT2D eigenvalue weighted by molar-refractivity contribution is 7.11. The molecule has 1 N–H and O–H groups in total. The molecule has 0 amide bonds. The molecule has 0 fully saturated rings. The summed E-state index contributed by atoms with van der Waals surface area (Å²) in [6.07, 6.45) is 1.53. The summed E-state index contributed by atoms with van der Waals surface area (Å²) in [6.45, 7) is 0. The van der Waals surface area contributed by atoms with Gasteiger partial charge in [-0.1, -0.05) is 35.9 Å². The molecule has 0 radical (unpaired) electrons. The van der Waals surface area contributed by atoms with Gasteiger partial charge in [-0.05, 0) is 24.3 Å². The minimum atomic E-state index is -0.454. The third kappa shape index (κ3) is 4.34. The molecule has 0 aliphatic rings. The van der Waals surface area contributed by atoms with Crippen molar-refractivity contribution in [3.63, 3.8) is 0 Å². The first-order valence-corrected chi connectivity index (χ1v) is 9.14. The summed E-state index contributed by atoms with van der Waals surface area (Å²) in [5.74, 6) is -0.454. The van der Waals surface area contributed by atoms with Crippen molar-refractivity contribution in [2.45, 2.75) is 0 Å². The number of halogens is 1. The van der Waals surface area contributed by atoms with Crippen LogP contribution in [0.1, 0.15) is 15.4 Å². The number of esters is 1. The first-order chi connectivity index (χ1) is 13.1. The smallest absolute Gasteiger partial charge is 0.339 e. The van der Waals surface area contributed by atoms with Gasteiger partial charge in [0, 0.05) is 22.2 Å². The number of methoxy groups -OCH3 is 1. The van der Waals surface area contributed by atoms with E-state index in [9.17, 15) is 10.1 Å². The molecule has 3 rings (SSSR count). The van der Waals surface area contributed by atoms with Crippen molar-refractivity contribution in [1.82, 2.24) is 4.98 Å². The lowest BCUT2D eigenvalue weighted by Crippen LogP contribution is -2.05. The highest BCUT2D eigenvalue weighted by Gasteiger charge is 2.12. The molecule has 27 heavy (non-hydrogen) atoms. The van der Waals surface area contributed by atoms with E-state index in [1.165, 1.54) is 24.6 Å². The zero-order valence-electron chi connectivity index (χ0n) is 14.3. The van der Waals surface area contributed by atoms with Crippen LogP contribution in [0.3, 0.4) is 0 Å². The van der Waals surface area contributed by atoms with Gasteiger partial charge in [-0.2, -0.15) is 5.26 Å². The zero-order valence-corrected chi connectivity index (χ0v) is 15.8. The van der Waals surface area contributed by atoms with E-state index in [2.05, 4.69) is 16.4 Å². The molecule has 134 valence electrons. The number of ether oxygens (including phenoxy) is 1. The number of hydrogen-bond donors (Lipinski definition) is 1. The number of nitrogens with zero attached hydrogens (tertiary/aromatic N) is 2. The third-order valence-corrected chi connectivity index (χ3v) is 4.83. The number of allylic oxidation sites excluding steroid dienone is 1. The number of nitrogens with one attached hydrogen (secondary N) is 1. The van der Waals surface area contributed by atoms with Gasteiger partial charge in [0.1, 0.15) is 16.6 Å². The van der Waals surface area contributed by atoms with Crippen LogP contribution in [-0.4, -0.2) is 18.1 Å². The van der Waals surface area contributed by atoms with Gasteiger partial charge in [-0.15, -0.1) is 11.3 Å². The van der Waals surface area contributed by atoms with Gasteiger partial charge in [0.05, 0.1) is 24.1 Å². The predicted octanol–water partition coefficient (Wildman–Crippen LogP) is 5.23. The Kier molecular flexibility index (Phi) is 5.87. The maximum Gasteiger partial charge on any atom is 0.339 e. The average molecular weight is 396 g/mol. The van der Waals surface area contributed by atoms with Gasteiger partial charge in [-0.3, -0.25) is 0 Å². The normalized spacial score (nSPS) is 10.9. The van der Waals surface area contributed by atoms with E-state index in [0.717, 1.165) is 11.3 Å². The monoisotopic (exact) mass is 395 g/mol. The zero-order chi connectivity index (χ0) is 19.2. The Balaban J connectivity index is 1.85. The standard InChI is InChI=1S/C20H14ClN3O2S/c1-26-20(25)16-4-2-3-5-17(16)23-11-14(10-22)19-24-18(12-27-19)13-6-8-15(21)9-7-13/h2-9,11-12,23H,1H3/b14-11-. The molecule has 0 aliphatic heterocycles. The molecule has 0 atom stereocenters. The lowest BCUT2D eigenvalue weighted by Gasteiger charge is -2.07. The summed E-state index contributed by atoms with van der Waals surface area (Å²) in [7, 11) is 1.32. The Morgan fingerprint density at radius 1 is 1.26 bits per heavy atom. The first kappa shape index (κ1) is 18.6. The maximum absolute atomic E-state index is 11.8. The van der Waals surface area contributed by atoms with Crippen LogP contribution in [0, 0.1) is 11.3 Å². The number of para-hydroxylation sites is 1. The number of hydrogen-bond acceptors (Lipinski definition) is 6. The number of anilines is 1. The molecule has 2 aromatic carbocycles. The minimum absolute atomic E-state index is 0.361. The Hall–Kier alpha value is -3.14. The molecule has 0 aliphatic carbocycles. The van der Waals surface area contributed by atoms with E-state index in [4.69, 9.17) is 16.3 Å². The van der Waals surface area contributed by atoms with Crippen LogP contribution in [-0.2, 0) is 4.74 Å². The van der Waals surface area contributed by atoms with E-state index in [1.807, 2.05) is 17.5 Å². The summed E-state index contributed by atoms with van der Waals surface area (Å²) in [5.41, 5.74) is 2.98. The first-order valence-electron chi connectivity index (χ1n) is 7.88. The van der Waals surface area contributed by atoms with E-state index >= 15 is 0 Å². The Morgan fingerprint density at radius 3 is 2.70 bits per heavy atom. The van der Waals surface area contributed by atoms with Crippen molar-refractivity contribution < 1.29 is 9.53 Å². The van der Waals surface area contributed by atoms with Crippen LogP contribution < -0.4 is 5.32 Å². The molecule has 7 heteroatoms. The number of nitriles is 1. The molecule has 0 saturated carbocycles. The fraction of sp³-hybridized carbons (Fsp3) is 0.0500. The average Bonchev–Trinajstić information content (AvgIpc) is 3.18. The van der Waals surface area contributed by atoms with Crippen LogP contribution >= 0.6 is 22.9 Å². The third-order valence-electron chi connectivity index (χ3n) is 3.70. The largest absolute Gasteiger partial charge is 0.465 e. The predicted molar refractivity (Wildman–Crippen MR) is 108 cm³/mol. The summed E-state index contributed by atoms with van der Waals surface area (Å²) >= 11 is 7.28. The quantitative estimate of drug-likeness (QED) is 0.473. The summed E-state index contributed by atoms with van der Waals surface area (Å²) < 4.78 is 4.77. The highest BCUT2D eigenvalue weighted by atomic mass is 35.5. The van der Waals surface area contributed by atoms with Crippen LogP contribution in [0.4, 0.5) is 5.69 Å². The topological polar surface area (TPSA) is 75.0 Å². The van der Waals surface area contributed by atoms with Crippen molar-refractivity contribution in [2.75, 3.05) is 12.4 Å². The van der Waals surface area contributed by atoms with Gasteiger partial charge in [0.15, 0.2) is 0 Å². The van der Waals surface area contributed by atoms with Gasteiger partial charge < -0.3 is 10.1 Å². The lowest BCUT2D eigenvalue weighted by molar-refractivity contribution is 0.0602. The fourth-order valence-corrected chi connectivity index (χ4v) is 3.26. The highest BCUT2D eigenvalue weighted by Crippen LogP contribution is 2.27. The summed E-state index contributed by atoms with van der Waals surface area (Å²) in [5, 5.41) is 15.6. The van der Waals surface area contributed by atoms with Crippen molar-refractivity contribution in [1.29, 1.82) is 5.26 Å². The van der Waals surface area contributed by atoms with Gasteiger partial charge >= 0.3 is 5.97 Å². The molecule has 0 bridgehead atoms. The molecule has 3 aromatic rings. The van der Waals surface area contributed by atoms with Crippen LogP contribution in [0.25, 0.3) is 16.8 Å². The number of carbonyl (C=O) groups excluding carboxylic acids is 1.